The van der Waals surface area contributed by atoms with Crippen LogP contribution in [0.15, 0.2) is 22.7 Å². The number of anilines is 1. The SMILES string of the molecule is COc1ccc(Br)cc1NC(=O)C1CSCN1. The highest BCUT2D eigenvalue weighted by Crippen LogP contribution is 2.28. The van der Waals surface area contributed by atoms with Gasteiger partial charge in [-0.15, -0.1) is 11.8 Å². The quantitative estimate of drug-likeness (QED) is 0.896. The number of carbonyl (C=O) groups is 1. The van der Waals surface area contributed by atoms with Crippen molar-refractivity contribution in [3.05, 3.63) is 22.7 Å². The first-order chi connectivity index (χ1) is 8.20. The molecule has 1 aromatic carbocycles. The molecule has 0 spiro atoms. The summed E-state index contributed by atoms with van der Waals surface area (Å²) in [5.74, 6) is 2.27. The van der Waals surface area contributed by atoms with Gasteiger partial charge in [-0.25, -0.2) is 0 Å². The van der Waals surface area contributed by atoms with Gasteiger partial charge in [-0.3, -0.25) is 10.1 Å². The van der Waals surface area contributed by atoms with Gasteiger partial charge in [0.15, 0.2) is 0 Å². The maximum Gasteiger partial charge on any atom is 0.242 e. The van der Waals surface area contributed by atoms with Crippen molar-refractivity contribution in [2.45, 2.75) is 6.04 Å². The third-order valence-electron chi connectivity index (χ3n) is 2.45. The van der Waals surface area contributed by atoms with E-state index in [-0.39, 0.29) is 11.9 Å². The summed E-state index contributed by atoms with van der Waals surface area (Å²) in [4.78, 5) is 11.9. The second-order valence-corrected chi connectivity index (χ2v) is 5.55. The van der Waals surface area contributed by atoms with E-state index in [1.807, 2.05) is 18.2 Å². The second-order valence-electron chi connectivity index (χ2n) is 3.61. The fraction of sp³-hybridized carbons (Fsp3) is 0.364. The summed E-state index contributed by atoms with van der Waals surface area (Å²) < 4.78 is 6.11. The molecule has 92 valence electrons. The monoisotopic (exact) mass is 316 g/mol. The standard InChI is InChI=1S/C11H13BrN2O2S/c1-16-10-3-2-7(12)4-8(10)14-11(15)9-5-17-6-13-9/h2-4,9,13H,5-6H2,1H3,(H,14,15). The normalized spacial score (nSPS) is 19.1. The van der Waals surface area contributed by atoms with Gasteiger partial charge in [0.05, 0.1) is 18.8 Å². The summed E-state index contributed by atoms with van der Waals surface area (Å²) in [5.41, 5.74) is 0.686. The molecular formula is C11H13BrN2O2S. The lowest BCUT2D eigenvalue weighted by molar-refractivity contribution is -0.117. The first-order valence-electron chi connectivity index (χ1n) is 5.16. The molecule has 0 aliphatic carbocycles. The molecule has 6 heteroatoms. The van der Waals surface area contributed by atoms with Crippen molar-refractivity contribution in [1.82, 2.24) is 5.32 Å². The predicted molar refractivity (Wildman–Crippen MR) is 73.6 cm³/mol. The van der Waals surface area contributed by atoms with Crippen LogP contribution in [0.3, 0.4) is 0 Å². The molecule has 1 atom stereocenters. The molecule has 1 aromatic rings. The Bertz CT molecular complexity index is 422. The average molecular weight is 317 g/mol. The minimum Gasteiger partial charge on any atom is -0.495 e. The van der Waals surface area contributed by atoms with Crippen molar-refractivity contribution >= 4 is 39.3 Å². The van der Waals surface area contributed by atoms with Crippen molar-refractivity contribution in [2.24, 2.45) is 0 Å². The van der Waals surface area contributed by atoms with E-state index >= 15 is 0 Å². The van der Waals surface area contributed by atoms with Gasteiger partial charge in [0, 0.05) is 16.1 Å². The van der Waals surface area contributed by atoms with Crippen molar-refractivity contribution in [3.63, 3.8) is 0 Å². The average Bonchev–Trinajstić information content (AvgIpc) is 2.83. The molecule has 2 N–H and O–H groups in total. The molecular weight excluding hydrogens is 304 g/mol. The first-order valence-corrected chi connectivity index (χ1v) is 7.11. The highest BCUT2D eigenvalue weighted by Gasteiger charge is 2.23. The van der Waals surface area contributed by atoms with E-state index in [0.717, 1.165) is 16.1 Å². The van der Waals surface area contributed by atoms with Crippen LogP contribution in [0.4, 0.5) is 5.69 Å². The second kappa shape index (κ2) is 5.75. The number of thioether (sulfide) groups is 1. The van der Waals surface area contributed by atoms with E-state index in [1.165, 1.54) is 0 Å². The Hall–Kier alpha value is -0.720. The number of halogens is 1. The Morgan fingerprint density at radius 2 is 2.47 bits per heavy atom. The van der Waals surface area contributed by atoms with Crippen molar-refractivity contribution in [3.8, 4) is 5.75 Å². The molecule has 1 saturated heterocycles. The van der Waals surface area contributed by atoms with Crippen molar-refractivity contribution in [1.29, 1.82) is 0 Å². The number of carbonyl (C=O) groups excluding carboxylic acids is 1. The minimum atomic E-state index is -0.122. The van der Waals surface area contributed by atoms with Crippen LogP contribution in [-0.4, -0.2) is 30.7 Å². The van der Waals surface area contributed by atoms with E-state index in [4.69, 9.17) is 4.74 Å². The third kappa shape index (κ3) is 3.14. The molecule has 1 amide bonds. The highest BCUT2D eigenvalue weighted by molar-refractivity contribution is 9.10. The van der Waals surface area contributed by atoms with E-state index < -0.39 is 0 Å². The lowest BCUT2D eigenvalue weighted by atomic mass is 10.2. The van der Waals surface area contributed by atoms with E-state index in [0.29, 0.717) is 11.4 Å². The summed E-state index contributed by atoms with van der Waals surface area (Å²) in [6, 6.07) is 5.40. The van der Waals surface area contributed by atoms with Crippen LogP contribution in [0.1, 0.15) is 0 Å². The molecule has 17 heavy (non-hydrogen) atoms. The molecule has 2 rings (SSSR count). The summed E-state index contributed by atoms with van der Waals surface area (Å²) in [6.45, 7) is 0. The van der Waals surface area contributed by atoms with E-state index in [9.17, 15) is 4.79 Å². The molecule has 0 aromatic heterocycles. The van der Waals surface area contributed by atoms with Crippen LogP contribution >= 0.6 is 27.7 Å². The fourth-order valence-corrected chi connectivity index (χ4v) is 2.86. The van der Waals surface area contributed by atoms with Gasteiger partial charge in [0.2, 0.25) is 5.91 Å². The topological polar surface area (TPSA) is 50.4 Å². The van der Waals surface area contributed by atoms with Gasteiger partial charge < -0.3 is 10.1 Å². The highest BCUT2D eigenvalue weighted by atomic mass is 79.9. The number of nitrogens with one attached hydrogen (secondary N) is 2. The number of ether oxygens (including phenoxy) is 1. The number of methoxy groups -OCH3 is 1. The Morgan fingerprint density at radius 1 is 1.65 bits per heavy atom. The number of hydrogen-bond donors (Lipinski definition) is 2. The zero-order valence-corrected chi connectivity index (χ0v) is 11.7. The number of rotatable bonds is 3. The van der Waals surface area contributed by atoms with Crippen LogP contribution in [0.25, 0.3) is 0 Å². The van der Waals surface area contributed by atoms with Gasteiger partial charge in [-0.1, -0.05) is 15.9 Å². The smallest absolute Gasteiger partial charge is 0.242 e. The predicted octanol–water partition coefficient (Wildman–Crippen LogP) is 2.06. The molecule has 1 unspecified atom stereocenters. The maximum absolute atomic E-state index is 11.9. The van der Waals surface area contributed by atoms with Crippen LogP contribution in [-0.2, 0) is 4.79 Å². The summed E-state index contributed by atoms with van der Waals surface area (Å²) in [6.07, 6.45) is 0. The lowest BCUT2D eigenvalue weighted by Gasteiger charge is -2.13. The van der Waals surface area contributed by atoms with Gasteiger partial charge >= 0.3 is 0 Å². The van der Waals surface area contributed by atoms with Crippen molar-refractivity contribution < 1.29 is 9.53 Å². The summed E-state index contributed by atoms with van der Waals surface area (Å²) in [7, 11) is 1.59. The first kappa shape index (κ1) is 12.7. The van der Waals surface area contributed by atoms with Gasteiger partial charge in [-0.05, 0) is 18.2 Å². The molecule has 4 nitrogen and oxygen atoms in total. The third-order valence-corrected chi connectivity index (χ3v) is 3.89. The Balaban J connectivity index is 2.11. The maximum atomic E-state index is 11.9. The lowest BCUT2D eigenvalue weighted by Crippen LogP contribution is -2.37. The largest absolute Gasteiger partial charge is 0.495 e. The van der Waals surface area contributed by atoms with Crippen LogP contribution in [0.5, 0.6) is 5.75 Å². The van der Waals surface area contributed by atoms with Crippen molar-refractivity contribution in [2.75, 3.05) is 24.1 Å². The molecule has 0 radical (unpaired) electrons. The Kier molecular flexibility index (Phi) is 4.31. The zero-order valence-electron chi connectivity index (χ0n) is 9.33. The fourth-order valence-electron chi connectivity index (χ4n) is 1.56. The van der Waals surface area contributed by atoms with E-state index in [1.54, 1.807) is 18.9 Å². The number of benzene rings is 1. The zero-order chi connectivity index (χ0) is 12.3. The van der Waals surface area contributed by atoms with Crippen LogP contribution in [0, 0.1) is 0 Å². The Morgan fingerprint density at radius 3 is 3.12 bits per heavy atom. The molecule has 1 fully saturated rings. The minimum absolute atomic E-state index is 0.0219. The van der Waals surface area contributed by atoms with E-state index in [2.05, 4.69) is 26.6 Å². The summed E-state index contributed by atoms with van der Waals surface area (Å²) in [5, 5.41) is 6.00. The molecule has 0 bridgehead atoms. The van der Waals surface area contributed by atoms with Crippen LogP contribution < -0.4 is 15.4 Å². The van der Waals surface area contributed by atoms with Crippen LogP contribution in [0.2, 0.25) is 0 Å². The number of amides is 1. The number of hydrogen-bond acceptors (Lipinski definition) is 4. The van der Waals surface area contributed by atoms with Gasteiger partial charge in [0.1, 0.15) is 5.75 Å². The summed E-state index contributed by atoms with van der Waals surface area (Å²) >= 11 is 5.09. The molecule has 1 aliphatic heterocycles. The molecule has 0 saturated carbocycles. The van der Waals surface area contributed by atoms with Gasteiger partial charge in [-0.2, -0.15) is 0 Å². The molecule has 1 aliphatic rings. The molecule has 1 heterocycles. The van der Waals surface area contributed by atoms with Gasteiger partial charge in [0.25, 0.3) is 0 Å². The Labute approximate surface area is 113 Å².